The molecule has 0 aliphatic rings. The number of nitrogens with two attached hydrogens (primary N) is 1. The fourth-order valence-electron chi connectivity index (χ4n) is 2.27. The summed E-state index contributed by atoms with van der Waals surface area (Å²) in [7, 11) is 0. The largest absolute Gasteiger partial charge is 0.457 e. The summed E-state index contributed by atoms with van der Waals surface area (Å²) in [5.41, 5.74) is 7.41. The Morgan fingerprint density at radius 3 is 2.67 bits per heavy atom. The summed E-state index contributed by atoms with van der Waals surface area (Å²) in [6, 6.07) is 15.1. The molecule has 0 spiro atoms. The van der Waals surface area contributed by atoms with Crippen molar-refractivity contribution < 1.29 is 14.3 Å². The van der Waals surface area contributed by atoms with Crippen LogP contribution in [0.3, 0.4) is 0 Å². The molecule has 0 bridgehead atoms. The minimum atomic E-state index is -0.524. The van der Waals surface area contributed by atoms with Crippen molar-refractivity contribution in [1.82, 2.24) is 4.98 Å². The number of carbonyl (C=O) groups excluding carboxylic acids is 2. The summed E-state index contributed by atoms with van der Waals surface area (Å²) in [5, 5.41) is 1.19. The van der Waals surface area contributed by atoms with Gasteiger partial charge in [-0.2, -0.15) is 0 Å². The van der Waals surface area contributed by atoms with Gasteiger partial charge in [-0.05, 0) is 48.0 Å². The topological polar surface area (TPSA) is 82.3 Å². The molecular formula is C18H13ClN2O3. The second-order valence-electron chi connectivity index (χ2n) is 5.18. The molecule has 3 rings (SSSR count). The predicted molar refractivity (Wildman–Crippen MR) is 90.8 cm³/mol. The molecule has 5 nitrogen and oxygen atoms in total. The lowest BCUT2D eigenvalue weighted by Gasteiger charge is -2.07. The Kier molecular flexibility index (Phi) is 4.44. The lowest BCUT2D eigenvalue weighted by Crippen LogP contribution is -2.11. The normalized spacial score (nSPS) is 10.5. The van der Waals surface area contributed by atoms with Crippen LogP contribution in [0.25, 0.3) is 10.9 Å². The van der Waals surface area contributed by atoms with Crippen LogP contribution in [0.5, 0.6) is 0 Å². The van der Waals surface area contributed by atoms with Gasteiger partial charge in [0, 0.05) is 10.9 Å². The van der Waals surface area contributed by atoms with E-state index in [0.717, 1.165) is 5.39 Å². The molecule has 0 aliphatic heterocycles. The molecule has 1 heterocycles. The van der Waals surface area contributed by atoms with Gasteiger partial charge >= 0.3 is 5.97 Å². The van der Waals surface area contributed by atoms with E-state index in [2.05, 4.69) is 4.98 Å². The molecule has 120 valence electrons. The maximum absolute atomic E-state index is 12.2. The lowest BCUT2D eigenvalue weighted by atomic mass is 10.1. The molecule has 0 saturated heterocycles. The van der Waals surface area contributed by atoms with Gasteiger partial charge in [0.2, 0.25) is 5.91 Å². The number of hydrogen-bond donors (Lipinski definition) is 1. The average Bonchev–Trinajstić information content (AvgIpc) is 2.59. The lowest BCUT2D eigenvalue weighted by molar-refractivity contribution is 0.0473. The Morgan fingerprint density at radius 1 is 1.04 bits per heavy atom. The number of aromatic nitrogens is 1. The van der Waals surface area contributed by atoms with Crippen LogP contribution in [0.4, 0.5) is 0 Å². The van der Waals surface area contributed by atoms with Gasteiger partial charge < -0.3 is 10.5 Å². The predicted octanol–water partition coefficient (Wildman–Crippen LogP) is 3.34. The van der Waals surface area contributed by atoms with Gasteiger partial charge in [-0.15, -0.1) is 0 Å². The highest BCUT2D eigenvalue weighted by Crippen LogP contribution is 2.18. The van der Waals surface area contributed by atoms with Crippen LogP contribution in [0.2, 0.25) is 5.15 Å². The van der Waals surface area contributed by atoms with E-state index in [9.17, 15) is 9.59 Å². The number of fused-ring (bicyclic) bond motifs is 1. The van der Waals surface area contributed by atoms with Gasteiger partial charge in [0.05, 0.1) is 11.1 Å². The van der Waals surface area contributed by atoms with E-state index in [4.69, 9.17) is 22.1 Å². The first-order valence-electron chi connectivity index (χ1n) is 7.15. The smallest absolute Gasteiger partial charge is 0.338 e. The number of pyridine rings is 1. The van der Waals surface area contributed by atoms with E-state index in [1.54, 1.807) is 54.6 Å². The van der Waals surface area contributed by atoms with E-state index < -0.39 is 11.9 Å². The number of ether oxygens (including phenoxy) is 1. The summed E-state index contributed by atoms with van der Waals surface area (Å²) in [5.74, 6) is -0.986. The van der Waals surface area contributed by atoms with Crippen LogP contribution in [0, 0.1) is 0 Å². The van der Waals surface area contributed by atoms with Crippen molar-refractivity contribution in [3.05, 3.63) is 76.4 Å². The van der Waals surface area contributed by atoms with Crippen LogP contribution in [0.1, 0.15) is 26.3 Å². The molecule has 2 N–H and O–H groups in total. The van der Waals surface area contributed by atoms with Crippen LogP contribution < -0.4 is 5.73 Å². The second-order valence-corrected chi connectivity index (χ2v) is 5.57. The van der Waals surface area contributed by atoms with E-state index in [1.165, 1.54) is 0 Å². The van der Waals surface area contributed by atoms with Crippen molar-refractivity contribution in [2.45, 2.75) is 6.61 Å². The van der Waals surface area contributed by atoms with Crippen molar-refractivity contribution in [3.63, 3.8) is 0 Å². The molecule has 1 amide bonds. The van der Waals surface area contributed by atoms with Crippen LogP contribution >= 0.6 is 11.6 Å². The number of rotatable bonds is 4. The number of esters is 1. The van der Waals surface area contributed by atoms with E-state index in [0.29, 0.717) is 27.4 Å². The van der Waals surface area contributed by atoms with Gasteiger partial charge in [-0.25, -0.2) is 9.78 Å². The maximum atomic E-state index is 12.2. The van der Waals surface area contributed by atoms with Crippen molar-refractivity contribution >= 4 is 34.4 Å². The SMILES string of the molecule is NC(=O)c1cccc(COC(=O)c2ccc3nc(Cl)ccc3c2)c1. The van der Waals surface area contributed by atoms with Crippen LogP contribution in [0.15, 0.2) is 54.6 Å². The first kappa shape index (κ1) is 16.0. The molecule has 0 atom stereocenters. The third-order valence-electron chi connectivity index (χ3n) is 3.47. The Balaban J connectivity index is 1.74. The second kappa shape index (κ2) is 6.68. The Morgan fingerprint density at radius 2 is 1.88 bits per heavy atom. The molecule has 0 radical (unpaired) electrons. The number of amides is 1. The molecule has 1 aromatic heterocycles. The third-order valence-corrected chi connectivity index (χ3v) is 3.68. The van der Waals surface area contributed by atoms with E-state index in [1.807, 2.05) is 0 Å². The summed E-state index contributed by atoms with van der Waals surface area (Å²) < 4.78 is 5.28. The minimum absolute atomic E-state index is 0.0524. The Hall–Kier alpha value is -2.92. The summed E-state index contributed by atoms with van der Waals surface area (Å²) in [4.78, 5) is 27.5. The quantitative estimate of drug-likeness (QED) is 0.583. The van der Waals surface area contributed by atoms with Crippen molar-refractivity contribution in [2.24, 2.45) is 5.73 Å². The number of halogens is 1. The van der Waals surface area contributed by atoms with Crippen molar-refractivity contribution in [1.29, 1.82) is 0 Å². The zero-order valence-electron chi connectivity index (χ0n) is 12.5. The zero-order chi connectivity index (χ0) is 17.1. The minimum Gasteiger partial charge on any atom is -0.457 e. The first-order valence-corrected chi connectivity index (χ1v) is 7.53. The highest BCUT2D eigenvalue weighted by molar-refractivity contribution is 6.29. The third kappa shape index (κ3) is 3.52. The molecule has 0 aliphatic carbocycles. The number of benzene rings is 2. The number of primary amides is 1. The molecule has 24 heavy (non-hydrogen) atoms. The monoisotopic (exact) mass is 340 g/mol. The number of nitrogens with zero attached hydrogens (tertiary/aromatic N) is 1. The molecule has 3 aromatic rings. The van der Waals surface area contributed by atoms with Gasteiger partial charge in [0.25, 0.3) is 0 Å². The molecule has 0 fully saturated rings. The maximum Gasteiger partial charge on any atom is 0.338 e. The standard InChI is InChI=1S/C18H13ClN2O3/c19-16-7-5-12-9-14(4-6-15(12)21-16)18(23)24-10-11-2-1-3-13(8-11)17(20)22/h1-9H,10H2,(H2,20,22). The molecule has 0 unspecified atom stereocenters. The Labute approximate surface area is 143 Å². The van der Waals surface area contributed by atoms with E-state index >= 15 is 0 Å². The summed E-state index contributed by atoms with van der Waals surface area (Å²) in [6.45, 7) is 0.0524. The van der Waals surface area contributed by atoms with Crippen molar-refractivity contribution in [2.75, 3.05) is 0 Å². The average molecular weight is 341 g/mol. The fourth-order valence-corrected chi connectivity index (χ4v) is 2.43. The highest BCUT2D eigenvalue weighted by Gasteiger charge is 2.10. The molecule has 2 aromatic carbocycles. The van der Waals surface area contributed by atoms with Gasteiger partial charge in [0.1, 0.15) is 11.8 Å². The number of carbonyl (C=O) groups is 2. The van der Waals surface area contributed by atoms with E-state index in [-0.39, 0.29) is 6.61 Å². The van der Waals surface area contributed by atoms with Gasteiger partial charge in [0.15, 0.2) is 0 Å². The van der Waals surface area contributed by atoms with Gasteiger partial charge in [-0.1, -0.05) is 23.7 Å². The fraction of sp³-hybridized carbons (Fsp3) is 0.0556. The zero-order valence-corrected chi connectivity index (χ0v) is 13.3. The van der Waals surface area contributed by atoms with Crippen LogP contribution in [-0.2, 0) is 11.3 Å². The number of hydrogen-bond acceptors (Lipinski definition) is 4. The summed E-state index contributed by atoms with van der Waals surface area (Å²) >= 11 is 5.84. The highest BCUT2D eigenvalue weighted by atomic mass is 35.5. The molecule has 0 saturated carbocycles. The summed E-state index contributed by atoms with van der Waals surface area (Å²) in [6.07, 6.45) is 0. The molecule has 6 heteroatoms. The van der Waals surface area contributed by atoms with Crippen LogP contribution in [-0.4, -0.2) is 16.9 Å². The van der Waals surface area contributed by atoms with Crippen molar-refractivity contribution in [3.8, 4) is 0 Å². The first-order chi connectivity index (χ1) is 11.5. The van der Waals surface area contributed by atoms with Gasteiger partial charge in [-0.3, -0.25) is 4.79 Å². The Bertz CT molecular complexity index is 940. The molecular weight excluding hydrogens is 328 g/mol.